The first kappa shape index (κ1) is 10.2. The van der Waals surface area contributed by atoms with Crippen molar-refractivity contribution in [2.24, 2.45) is 7.05 Å². The normalized spacial score (nSPS) is 10.9. The maximum absolute atomic E-state index is 9.67. The van der Waals surface area contributed by atoms with Gasteiger partial charge in [-0.15, -0.1) is 0 Å². The number of hydrogen-bond donors (Lipinski definition) is 1. The molecule has 1 aromatic heterocycles. The van der Waals surface area contributed by atoms with Gasteiger partial charge in [-0.2, -0.15) is 0 Å². The summed E-state index contributed by atoms with van der Waals surface area (Å²) in [4.78, 5) is 9.15. The largest absolute Gasteiger partial charge is 0.525 e. The predicted octanol–water partition coefficient (Wildman–Crippen LogP) is 0.444. The minimum Gasteiger partial charge on any atom is -0.422 e. The third-order valence-electron chi connectivity index (χ3n) is 2.38. The molecule has 0 aliphatic rings. The van der Waals surface area contributed by atoms with E-state index in [1.165, 1.54) is 7.11 Å². The van der Waals surface area contributed by atoms with Crippen LogP contribution in [0.25, 0.3) is 10.9 Å². The summed E-state index contributed by atoms with van der Waals surface area (Å²) in [6, 6.07) is 7.80. The molecule has 2 aromatic rings. The van der Waals surface area contributed by atoms with Crippen molar-refractivity contribution < 1.29 is 14.7 Å². The highest BCUT2D eigenvalue weighted by molar-refractivity contribution is 6.63. The average Bonchev–Trinajstić information content (AvgIpc) is 2.58. The number of rotatable bonds is 3. The summed E-state index contributed by atoms with van der Waals surface area (Å²) < 4.78 is 1.94. The Hall–Kier alpha value is -1.30. The summed E-state index contributed by atoms with van der Waals surface area (Å²) in [7, 11) is 2.24. The second-order valence-electron chi connectivity index (χ2n) is 3.33. The second-order valence-corrected chi connectivity index (χ2v) is 3.33. The molecule has 0 radical (unpaired) electrons. The van der Waals surface area contributed by atoms with Crippen molar-refractivity contribution in [1.82, 2.24) is 4.57 Å². The standard InChI is InChI=1S/C10H12BNO3/c1-12-7-9(11(13)15-14-2)8-5-3-4-6-10(8)12/h3-7,13H,1-2H3. The third kappa shape index (κ3) is 1.77. The van der Waals surface area contributed by atoms with E-state index in [1.807, 2.05) is 42.1 Å². The van der Waals surface area contributed by atoms with Gasteiger partial charge in [-0.25, -0.2) is 0 Å². The van der Waals surface area contributed by atoms with Gasteiger partial charge in [0.15, 0.2) is 0 Å². The molecule has 0 bridgehead atoms. The van der Waals surface area contributed by atoms with Gasteiger partial charge in [-0.3, -0.25) is 9.69 Å². The van der Waals surface area contributed by atoms with E-state index in [2.05, 4.69) is 4.89 Å². The molecule has 0 amide bonds. The Morgan fingerprint density at radius 1 is 1.33 bits per heavy atom. The van der Waals surface area contributed by atoms with Crippen LogP contribution in [0, 0.1) is 0 Å². The van der Waals surface area contributed by atoms with Crippen molar-refractivity contribution in [3.63, 3.8) is 0 Å². The molecule has 0 aliphatic carbocycles. The minimum atomic E-state index is -1.05. The van der Waals surface area contributed by atoms with E-state index in [-0.39, 0.29) is 0 Å². The molecule has 2 rings (SSSR count). The van der Waals surface area contributed by atoms with Gasteiger partial charge in [0.25, 0.3) is 0 Å². The Morgan fingerprint density at radius 2 is 2.07 bits per heavy atom. The van der Waals surface area contributed by atoms with E-state index in [1.54, 1.807) is 0 Å². The zero-order valence-corrected chi connectivity index (χ0v) is 8.68. The predicted molar refractivity (Wildman–Crippen MR) is 58.6 cm³/mol. The minimum absolute atomic E-state index is 0.704. The van der Waals surface area contributed by atoms with E-state index < -0.39 is 7.12 Å². The van der Waals surface area contributed by atoms with Crippen LogP contribution in [-0.2, 0) is 16.7 Å². The van der Waals surface area contributed by atoms with Gasteiger partial charge >= 0.3 is 7.12 Å². The van der Waals surface area contributed by atoms with Gasteiger partial charge < -0.3 is 9.59 Å². The first-order valence-electron chi connectivity index (χ1n) is 4.65. The van der Waals surface area contributed by atoms with Gasteiger partial charge in [0.2, 0.25) is 0 Å². The molecule has 0 unspecified atom stereocenters. The van der Waals surface area contributed by atoms with Gasteiger partial charge in [-0.05, 0) is 11.5 Å². The van der Waals surface area contributed by atoms with Gasteiger partial charge in [-0.1, -0.05) is 18.2 Å². The van der Waals surface area contributed by atoms with E-state index in [9.17, 15) is 5.02 Å². The highest BCUT2D eigenvalue weighted by Crippen LogP contribution is 2.12. The van der Waals surface area contributed by atoms with E-state index in [0.29, 0.717) is 5.46 Å². The lowest BCUT2D eigenvalue weighted by molar-refractivity contribution is -0.192. The topological polar surface area (TPSA) is 43.6 Å². The van der Waals surface area contributed by atoms with E-state index in [0.717, 1.165) is 10.9 Å². The number of aromatic nitrogens is 1. The zero-order valence-electron chi connectivity index (χ0n) is 8.68. The summed E-state index contributed by atoms with van der Waals surface area (Å²) in [5.74, 6) is 0. The quantitative estimate of drug-likeness (QED) is 0.449. The molecule has 0 atom stereocenters. The molecular weight excluding hydrogens is 193 g/mol. The van der Waals surface area contributed by atoms with Crippen LogP contribution in [0.2, 0.25) is 0 Å². The van der Waals surface area contributed by atoms with Crippen LogP contribution in [0.4, 0.5) is 0 Å². The molecule has 0 saturated heterocycles. The summed E-state index contributed by atoms with van der Waals surface area (Å²) >= 11 is 0. The fourth-order valence-corrected chi connectivity index (χ4v) is 1.71. The molecule has 1 heterocycles. The highest BCUT2D eigenvalue weighted by atomic mass is 17.2. The van der Waals surface area contributed by atoms with Crippen molar-refractivity contribution >= 4 is 23.5 Å². The van der Waals surface area contributed by atoms with Crippen LogP contribution in [0.15, 0.2) is 30.5 Å². The molecular formula is C10H12BNO3. The third-order valence-corrected chi connectivity index (χ3v) is 2.38. The molecule has 78 valence electrons. The monoisotopic (exact) mass is 205 g/mol. The van der Waals surface area contributed by atoms with Crippen LogP contribution in [0.5, 0.6) is 0 Å². The molecule has 0 spiro atoms. The van der Waals surface area contributed by atoms with E-state index >= 15 is 0 Å². The van der Waals surface area contributed by atoms with Crippen LogP contribution < -0.4 is 5.46 Å². The van der Waals surface area contributed by atoms with Gasteiger partial charge in [0.05, 0.1) is 7.11 Å². The van der Waals surface area contributed by atoms with Crippen molar-refractivity contribution in [3.8, 4) is 0 Å². The fraction of sp³-hybridized carbons (Fsp3) is 0.200. The Morgan fingerprint density at radius 3 is 2.80 bits per heavy atom. The summed E-state index contributed by atoms with van der Waals surface area (Å²) in [5, 5.41) is 10.6. The summed E-state index contributed by atoms with van der Waals surface area (Å²) in [6.45, 7) is 0. The van der Waals surface area contributed by atoms with Crippen LogP contribution in [0.1, 0.15) is 0 Å². The van der Waals surface area contributed by atoms with Crippen LogP contribution in [0.3, 0.4) is 0 Å². The van der Waals surface area contributed by atoms with Crippen LogP contribution >= 0.6 is 0 Å². The SMILES string of the molecule is COOB(O)c1cn(C)c2ccccc12. The van der Waals surface area contributed by atoms with Gasteiger partial charge in [0.1, 0.15) is 0 Å². The Bertz CT molecular complexity index is 469. The second kappa shape index (κ2) is 4.06. The van der Waals surface area contributed by atoms with E-state index in [4.69, 9.17) is 4.81 Å². The molecule has 5 heteroatoms. The molecule has 0 fully saturated rings. The lowest BCUT2D eigenvalue weighted by Crippen LogP contribution is -2.32. The highest BCUT2D eigenvalue weighted by Gasteiger charge is 2.22. The number of para-hydroxylation sites is 1. The van der Waals surface area contributed by atoms with Crippen molar-refractivity contribution in [1.29, 1.82) is 0 Å². The Balaban J connectivity index is 2.52. The lowest BCUT2D eigenvalue weighted by atomic mass is 9.80. The number of nitrogens with zero attached hydrogens (tertiary/aromatic N) is 1. The van der Waals surface area contributed by atoms with Gasteiger partial charge in [0, 0.05) is 24.2 Å². The fourth-order valence-electron chi connectivity index (χ4n) is 1.71. The Kier molecular flexibility index (Phi) is 2.77. The number of benzene rings is 1. The summed E-state index contributed by atoms with van der Waals surface area (Å²) in [5.41, 5.74) is 1.75. The molecule has 0 aliphatic heterocycles. The maximum Gasteiger partial charge on any atom is 0.525 e. The molecule has 4 nitrogen and oxygen atoms in total. The first-order valence-corrected chi connectivity index (χ1v) is 4.65. The molecule has 15 heavy (non-hydrogen) atoms. The smallest absolute Gasteiger partial charge is 0.422 e. The lowest BCUT2D eigenvalue weighted by Gasteiger charge is -2.02. The van der Waals surface area contributed by atoms with Crippen molar-refractivity contribution in [2.75, 3.05) is 7.11 Å². The molecule has 0 saturated carbocycles. The molecule has 1 aromatic carbocycles. The first-order chi connectivity index (χ1) is 7.24. The number of hydrogen-bond acceptors (Lipinski definition) is 3. The number of aryl methyl sites for hydroxylation is 1. The summed E-state index contributed by atoms with van der Waals surface area (Å²) in [6.07, 6.45) is 1.83. The average molecular weight is 205 g/mol. The van der Waals surface area contributed by atoms with Crippen molar-refractivity contribution in [3.05, 3.63) is 30.5 Å². The maximum atomic E-state index is 9.67. The zero-order chi connectivity index (χ0) is 10.8. The Labute approximate surface area is 88.1 Å². The number of fused-ring (bicyclic) bond motifs is 1. The molecule has 1 N–H and O–H groups in total. The van der Waals surface area contributed by atoms with Crippen LogP contribution in [-0.4, -0.2) is 23.8 Å². The van der Waals surface area contributed by atoms with Crippen molar-refractivity contribution in [2.45, 2.75) is 0 Å².